The number of nitrogens with one attached hydrogen (secondary N) is 1. The number of aromatic nitrogens is 1. The summed E-state index contributed by atoms with van der Waals surface area (Å²) >= 11 is 4.93. The number of hydrogen-bond acceptors (Lipinski definition) is 5. The highest BCUT2D eigenvalue weighted by Gasteiger charge is 2.45. The number of hydrogen-bond donors (Lipinski definition) is 1. The van der Waals surface area contributed by atoms with Gasteiger partial charge < -0.3 is 8.98 Å². The maximum absolute atomic E-state index is 14.4. The highest BCUT2D eigenvalue weighted by molar-refractivity contribution is 7.91. The van der Waals surface area contributed by atoms with E-state index in [1.54, 1.807) is 42.5 Å². The Bertz CT molecular complexity index is 1640. The summed E-state index contributed by atoms with van der Waals surface area (Å²) in [6.45, 7) is 16.4. The van der Waals surface area contributed by atoms with E-state index in [9.17, 15) is 13.0 Å². The average molecular weight is 645 g/mol. The summed E-state index contributed by atoms with van der Waals surface area (Å²) in [5.74, 6) is 0. The van der Waals surface area contributed by atoms with Crippen molar-refractivity contribution in [3.05, 3.63) is 101 Å². The number of para-hydroxylation sites is 1. The van der Waals surface area contributed by atoms with Crippen molar-refractivity contribution >= 4 is 52.2 Å². The molecular weight excluding hydrogens is 604 g/mol. The molecule has 0 spiro atoms. The molecule has 6 nitrogen and oxygen atoms in total. The number of fused-ring (bicyclic) bond motifs is 1. The van der Waals surface area contributed by atoms with Gasteiger partial charge in [-0.25, -0.2) is 12.4 Å². The fraction of sp³-hybridized carbons (Fsp3) is 0.375. The molecule has 4 aromatic rings. The van der Waals surface area contributed by atoms with Crippen LogP contribution in [0, 0.1) is 0 Å². The topological polar surface area (TPSA) is 83.4 Å². The zero-order valence-electron chi connectivity index (χ0n) is 25.5. The van der Waals surface area contributed by atoms with E-state index in [1.807, 2.05) is 63.2 Å². The third-order valence-corrected chi connectivity index (χ3v) is 15.8. The lowest BCUT2D eigenvalue weighted by atomic mass is 10.0. The third kappa shape index (κ3) is 6.83. The first-order valence-corrected chi connectivity index (χ1v) is 19.8. The Morgan fingerprint density at radius 2 is 1.52 bits per heavy atom. The van der Waals surface area contributed by atoms with Gasteiger partial charge in [0.05, 0.1) is 22.2 Å². The Morgan fingerprint density at radius 1 is 0.905 bits per heavy atom. The van der Waals surface area contributed by atoms with Crippen molar-refractivity contribution < 1.29 is 17.4 Å². The van der Waals surface area contributed by atoms with Crippen LogP contribution in [-0.4, -0.2) is 30.0 Å². The predicted molar refractivity (Wildman–Crippen MR) is 177 cm³/mol. The van der Waals surface area contributed by atoms with Crippen molar-refractivity contribution in [3.63, 3.8) is 0 Å². The number of rotatable bonds is 9. The van der Waals surface area contributed by atoms with Gasteiger partial charge in [-0.2, -0.15) is 0 Å². The molecule has 0 radical (unpaired) electrons. The molecule has 0 amide bonds. The minimum absolute atomic E-state index is 0.152. The lowest BCUT2D eigenvalue weighted by Gasteiger charge is -2.42. The lowest BCUT2D eigenvalue weighted by molar-refractivity contribution is 0.145. The van der Waals surface area contributed by atoms with Crippen molar-refractivity contribution in [2.75, 3.05) is 0 Å². The molecule has 1 aromatic heterocycles. The molecule has 42 heavy (non-hydrogen) atoms. The SMILES string of the molecule is CC(C)(C)[S+]([O-])N[C@H](c1cc2ccccc2n1S(=O)(=O)c1ccccc1)[C@H](O[Si](C)(C)C(C)(C)C)c1cccc(Cl)c1. The minimum Gasteiger partial charge on any atom is -0.598 e. The molecular formula is C32H41ClN2O4S2Si. The summed E-state index contributed by atoms with van der Waals surface area (Å²) in [6, 6.07) is 24.2. The molecule has 1 N–H and O–H groups in total. The van der Waals surface area contributed by atoms with Gasteiger partial charge in [-0.05, 0) is 80.9 Å². The van der Waals surface area contributed by atoms with E-state index in [-0.39, 0.29) is 9.93 Å². The number of halogens is 1. The number of benzene rings is 3. The minimum atomic E-state index is -4.06. The fourth-order valence-corrected chi connectivity index (χ4v) is 8.28. The quantitative estimate of drug-likeness (QED) is 0.146. The van der Waals surface area contributed by atoms with Crippen molar-refractivity contribution in [1.82, 2.24) is 8.69 Å². The molecule has 10 heteroatoms. The average Bonchev–Trinajstić information content (AvgIpc) is 3.30. The summed E-state index contributed by atoms with van der Waals surface area (Å²) in [5, 5.41) is 1.13. The molecule has 0 aliphatic carbocycles. The zero-order valence-corrected chi connectivity index (χ0v) is 28.9. The standard InChI is InChI=1S/C32H41ClN2O4S2Si/c1-31(2,3)40(36)34-29(30(24-16-14-17-25(33)21-24)39-42(7,8)32(4,5)6)28-22-23-15-12-13-20-27(23)35(28)41(37,38)26-18-10-9-11-19-26/h9-22,29-30,34H,1-8H3/t29-,30-,40?/m1/s1. The van der Waals surface area contributed by atoms with E-state index < -0.39 is 46.6 Å². The first-order chi connectivity index (χ1) is 19.4. The molecule has 0 bridgehead atoms. The van der Waals surface area contributed by atoms with E-state index in [0.717, 1.165) is 10.9 Å². The van der Waals surface area contributed by atoms with Crippen molar-refractivity contribution in [2.24, 2.45) is 0 Å². The molecule has 4 rings (SSSR count). The second kappa shape index (κ2) is 12.1. The second-order valence-corrected chi connectivity index (χ2v) is 22.0. The largest absolute Gasteiger partial charge is 0.598 e. The summed E-state index contributed by atoms with van der Waals surface area (Å²) in [4.78, 5) is 0.160. The normalized spacial score (nSPS) is 15.5. The van der Waals surface area contributed by atoms with E-state index in [0.29, 0.717) is 16.2 Å². The molecule has 0 fully saturated rings. The Hall–Kier alpha value is -2.11. The summed E-state index contributed by atoms with van der Waals surface area (Å²) in [6.07, 6.45) is -0.704. The van der Waals surface area contributed by atoms with Crippen LogP contribution in [0.5, 0.6) is 0 Å². The predicted octanol–water partition coefficient (Wildman–Crippen LogP) is 8.39. The van der Waals surface area contributed by atoms with Crippen molar-refractivity contribution in [3.8, 4) is 0 Å². The molecule has 0 saturated carbocycles. The van der Waals surface area contributed by atoms with Gasteiger partial charge in [0.1, 0.15) is 10.8 Å². The highest BCUT2D eigenvalue weighted by Crippen LogP contribution is 2.45. The first kappa shape index (κ1) is 32.8. The van der Waals surface area contributed by atoms with E-state index in [1.165, 1.54) is 3.97 Å². The van der Waals surface area contributed by atoms with Crippen LogP contribution in [0.1, 0.15) is 64.9 Å². The van der Waals surface area contributed by atoms with Crippen LogP contribution in [0.15, 0.2) is 89.8 Å². The second-order valence-electron chi connectivity index (χ2n) is 13.0. The molecule has 3 aromatic carbocycles. The van der Waals surface area contributed by atoms with Crippen LogP contribution < -0.4 is 4.72 Å². The maximum atomic E-state index is 14.4. The first-order valence-electron chi connectivity index (χ1n) is 14.0. The summed E-state index contributed by atoms with van der Waals surface area (Å²) in [7, 11) is -6.53. The van der Waals surface area contributed by atoms with Crippen LogP contribution in [-0.2, 0) is 25.8 Å². The summed E-state index contributed by atoms with van der Waals surface area (Å²) in [5.41, 5.74) is 1.73. The Balaban J connectivity index is 2.06. The van der Waals surface area contributed by atoms with Crippen LogP contribution in [0.3, 0.4) is 0 Å². The molecule has 0 saturated heterocycles. The monoisotopic (exact) mass is 644 g/mol. The molecule has 1 heterocycles. The van der Waals surface area contributed by atoms with Crippen LogP contribution in [0.25, 0.3) is 10.9 Å². The van der Waals surface area contributed by atoms with Gasteiger partial charge in [0.25, 0.3) is 10.0 Å². The molecule has 226 valence electrons. The smallest absolute Gasteiger partial charge is 0.268 e. The molecule has 1 unspecified atom stereocenters. The van der Waals surface area contributed by atoms with Crippen LogP contribution in [0.2, 0.25) is 23.2 Å². The van der Waals surface area contributed by atoms with Crippen LogP contribution in [0.4, 0.5) is 0 Å². The van der Waals surface area contributed by atoms with Gasteiger partial charge in [0, 0.05) is 21.8 Å². The molecule has 0 aliphatic heterocycles. The zero-order chi connectivity index (χ0) is 31.1. The Kier molecular flexibility index (Phi) is 9.46. The van der Waals surface area contributed by atoms with E-state index >= 15 is 0 Å². The molecule has 0 aliphatic rings. The van der Waals surface area contributed by atoms with Gasteiger partial charge in [-0.1, -0.05) is 80.9 Å². The Labute approximate surface area is 259 Å². The highest BCUT2D eigenvalue weighted by atomic mass is 35.5. The maximum Gasteiger partial charge on any atom is 0.268 e. The van der Waals surface area contributed by atoms with Gasteiger partial charge in [0.15, 0.2) is 8.32 Å². The lowest BCUT2D eigenvalue weighted by Crippen LogP contribution is -2.48. The fourth-order valence-electron chi connectivity index (χ4n) is 4.41. The summed E-state index contributed by atoms with van der Waals surface area (Å²) < 4.78 is 53.8. The van der Waals surface area contributed by atoms with E-state index in [2.05, 4.69) is 38.6 Å². The van der Waals surface area contributed by atoms with Crippen LogP contribution >= 0.6 is 11.6 Å². The van der Waals surface area contributed by atoms with Gasteiger partial charge in [-0.15, -0.1) is 4.72 Å². The van der Waals surface area contributed by atoms with Gasteiger partial charge in [0.2, 0.25) is 0 Å². The third-order valence-electron chi connectivity index (χ3n) is 7.79. The molecule has 3 atom stereocenters. The van der Waals surface area contributed by atoms with Crippen molar-refractivity contribution in [2.45, 2.75) is 81.5 Å². The number of nitrogens with zero attached hydrogens (tertiary/aromatic N) is 1. The Morgan fingerprint density at radius 3 is 2.12 bits per heavy atom. The van der Waals surface area contributed by atoms with Crippen molar-refractivity contribution in [1.29, 1.82) is 0 Å². The van der Waals surface area contributed by atoms with E-state index in [4.69, 9.17) is 16.0 Å². The van der Waals surface area contributed by atoms with Gasteiger partial charge in [-0.3, -0.25) is 0 Å². The van der Waals surface area contributed by atoms with Gasteiger partial charge >= 0.3 is 0 Å².